The minimum absolute atomic E-state index is 0.437. The molecule has 1 heterocycles. The van der Waals surface area contributed by atoms with Crippen LogP contribution in [0.2, 0.25) is 0 Å². The largest absolute Gasteiger partial charge is 0.310 e. The van der Waals surface area contributed by atoms with Gasteiger partial charge in [-0.15, -0.1) is 0 Å². The van der Waals surface area contributed by atoms with E-state index >= 15 is 0 Å². The lowest BCUT2D eigenvalue weighted by atomic mass is 9.99. The quantitative estimate of drug-likeness (QED) is 0.694. The summed E-state index contributed by atoms with van der Waals surface area (Å²) in [6, 6.07) is 9.38. The second-order valence-electron chi connectivity index (χ2n) is 5.19. The Balaban J connectivity index is 2.07. The van der Waals surface area contributed by atoms with E-state index in [1.807, 2.05) is 0 Å². The number of nitrogens with one attached hydrogen (secondary N) is 1. The lowest BCUT2D eigenvalue weighted by Crippen LogP contribution is -2.22. The van der Waals surface area contributed by atoms with Crippen molar-refractivity contribution in [2.24, 2.45) is 0 Å². The number of aryl methyl sites for hydroxylation is 2. The molecule has 1 aromatic heterocycles. The number of hydrogen-bond donors (Lipinski definition) is 1. The molecular formula is C17H22BrNS. The molecule has 0 bridgehead atoms. The highest BCUT2D eigenvalue weighted by atomic mass is 79.9. The van der Waals surface area contributed by atoms with E-state index in [2.05, 4.69) is 70.1 Å². The molecule has 20 heavy (non-hydrogen) atoms. The SMILES string of the molecule is CCCNC(CCc1ccsc1)c1ccc(C)c(Br)c1. The van der Waals surface area contributed by atoms with E-state index < -0.39 is 0 Å². The first-order valence-corrected chi connectivity index (χ1v) is 8.94. The Bertz CT molecular complexity index is 522. The van der Waals surface area contributed by atoms with Crippen LogP contribution in [0.15, 0.2) is 39.5 Å². The molecule has 3 heteroatoms. The fraction of sp³-hybridized carbons (Fsp3) is 0.412. The average molecular weight is 352 g/mol. The fourth-order valence-electron chi connectivity index (χ4n) is 2.28. The van der Waals surface area contributed by atoms with Gasteiger partial charge in [-0.3, -0.25) is 0 Å². The summed E-state index contributed by atoms with van der Waals surface area (Å²) in [5.74, 6) is 0. The van der Waals surface area contributed by atoms with Gasteiger partial charge in [-0.05, 0) is 72.3 Å². The van der Waals surface area contributed by atoms with E-state index in [0.717, 1.165) is 19.4 Å². The molecule has 0 aliphatic rings. The van der Waals surface area contributed by atoms with Gasteiger partial charge in [0.15, 0.2) is 0 Å². The third-order valence-corrected chi connectivity index (χ3v) is 5.13. The molecule has 1 nitrogen and oxygen atoms in total. The Hall–Kier alpha value is -0.640. The second-order valence-corrected chi connectivity index (χ2v) is 6.82. The van der Waals surface area contributed by atoms with Crippen molar-refractivity contribution in [3.05, 3.63) is 56.2 Å². The monoisotopic (exact) mass is 351 g/mol. The predicted molar refractivity (Wildman–Crippen MR) is 92.6 cm³/mol. The minimum Gasteiger partial charge on any atom is -0.310 e. The normalized spacial score (nSPS) is 12.6. The molecule has 0 spiro atoms. The third-order valence-electron chi connectivity index (χ3n) is 3.54. The number of hydrogen-bond acceptors (Lipinski definition) is 2. The van der Waals surface area contributed by atoms with Gasteiger partial charge in [0.25, 0.3) is 0 Å². The molecule has 1 unspecified atom stereocenters. The Kier molecular flexibility index (Phi) is 6.27. The van der Waals surface area contributed by atoms with Crippen LogP contribution < -0.4 is 5.32 Å². The minimum atomic E-state index is 0.437. The van der Waals surface area contributed by atoms with Crippen LogP contribution in [-0.4, -0.2) is 6.54 Å². The van der Waals surface area contributed by atoms with Gasteiger partial charge in [0.05, 0.1) is 0 Å². The molecule has 108 valence electrons. The molecule has 0 saturated heterocycles. The maximum absolute atomic E-state index is 3.68. The Morgan fingerprint density at radius 2 is 2.15 bits per heavy atom. The van der Waals surface area contributed by atoms with Gasteiger partial charge in [-0.25, -0.2) is 0 Å². The van der Waals surface area contributed by atoms with Crippen LogP contribution in [0.5, 0.6) is 0 Å². The maximum atomic E-state index is 3.68. The molecule has 0 fully saturated rings. The zero-order valence-electron chi connectivity index (χ0n) is 12.2. The Morgan fingerprint density at radius 1 is 1.30 bits per heavy atom. The van der Waals surface area contributed by atoms with E-state index in [1.54, 1.807) is 11.3 Å². The molecule has 0 amide bonds. The van der Waals surface area contributed by atoms with Gasteiger partial charge in [0.1, 0.15) is 0 Å². The van der Waals surface area contributed by atoms with E-state index in [-0.39, 0.29) is 0 Å². The summed E-state index contributed by atoms with van der Waals surface area (Å²) < 4.78 is 1.20. The molecule has 0 radical (unpaired) electrons. The molecule has 2 aromatic rings. The standard InChI is InChI=1S/C17H22BrNS/c1-3-9-19-17(7-5-14-8-10-20-12-14)15-6-4-13(2)16(18)11-15/h4,6,8,10-12,17,19H,3,5,7,9H2,1-2H3. The Morgan fingerprint density at radius 3 is 2.80 bits per heavy atom. The van der Waals surface area contributed by atoms with Crippen LogP contribution in [0.1, 0.15) is 42.5 Å². The van der Waals surface area contributed by atoms with E-state index in [4.69, 9.17) is 0 Å². The van der Waals surface area contributed by atoms with Crippen molar-refractivity contribution in [3.63, 3.8) is 0 Å². The summed E-state index contributed by atoms with van der Waals surface area (Å²) in [6.07, 6.45) is 3.45. The van der Waals surface area contributed by atoms with E-state index in [0.29, 0.717) is 6.04 Å². The number of benzene rings is 1. The highest BCUT2D eigenvalue weighted by molar-refractivity contribution is 9.10. The highest BCUT2D eigenvalue weighted by Gasteiger charge is 2.12. The zero-order chi connectivity index (χ0) is 14.4. The summed E-state index contributed by atoms with van der Waals surface area (Å²) in [4.78, 5) is 0. The molecular weight excluding hydrogens is 330 g/mol. The lowest BCUT2D eigenvalue weighted by Gasteiger charge is -2.19. The van der Waals surface area contributed by atoms with Crippen LogP contribution in [0.3, 0.4) is 0 Å². The van der Waals surface area contributed by atoms with Crippen molar-refractivity contribution in [2.45, 2.75) is 39.2 Å². The zero-order valence-corrected chi connectivity index (χ0v) is 14.6. The highest BCUT2D eigenvalue weighted by Crippen LogP contribution is 2.25. The van der Waals surface area contributed by atoms with Crippen LogP contribution in [-0.2, 0) is 6.42 Å². The number of rotatable bonds is 7. The fourth-order valence-corrected chi connectivity index (χ4v) is 3.38. The summed E-state index contributed by atoms with van der Waals surface area (Å²) in [5.41, 5.74) is 4.12. The molecule has 1 atom stereocenters. The molecule has 0 aliphatic carbocycles. The van der Waals surface area contributed by atoms with Crippen molar-refractivity contribution >= 4 is 27.3 Å². The van der Waals surface area contributed by atoms with Crippen molar-refractivity contribution in [1.29, 1.82) is 0 Å². The number of halogens is 1. The van der Waals surface area contributed by atoms with E-state index in [1.165, 1.54) is 27.6 Å². The summed E-state index contributed by atoms with van der Waals surface area (Å²) in [5, 5.41) is 8.09. The van der Waals surface area contributed by atoms with Gasteiger partial charge in [0.2, 0.25) is 0 Å². The average Bonchev–Trinajstić information content (AvgIpc) is 2.95. The van der Waals surface area contributed by atoms with Gasteiger partial charge in [0, 0.05) is 10.5 Å². The molecule has 0 aliphatic heterocycles. The van der Waals surface area contributed by atoms with Gasteiger partial charge in [-0.1, -0.05) is 35.0 Å². The van der Waals surface area contributed by atoms with Crippen LogP contribution >= 0.6 is 27.3 Å². The first kappa shape index (κ1) is 15.7. The molecule has 1 N–H and O–H groups in total. The van der Waals surface area contributed by atoms with Gasteiger partial charge < -0.3 is 5.32 Å². The predicted octanol–water partition coefficient (Wildman–Crippen LogP) is 5.49. The topological polar surface area (TPSA) is 12.0 Å². The van der Waals surface area contributed by atoms with Crippen molar-refractivity contribution in [1.82, 2.24) is 5.32 Å². The van der Waals surface area contributed by atoms with Crippen molar-refractivity contribution < 1.29 is 0 Å². The van der Waals surface area contributed by atoms with Crippen molar-refractivity contribution in [2.75, 3.05) is 6.54 Å². The van der Waals surface area contributed by atoms with E-state index in [9.17, 15) is 0 Å². The van der Waals surface area contributed by atoms with Gasteiger partial charge in [-0.2, -0.15) is 11.3 Å². The first-order valence-electron chi connectivity index (χ1n) is 7.21. The lowest BCUT2D eigenvalue weighted by molar-refractivity contribution is 0.499. The van der Waals surface area contributed by atoms with Crippen molar-refractivity contribution in [3.8, 4) is 0 Å². The van der Waals surface area contributed by atoms with Crippen LogP contribution in [0, 0.1) is 6.92 Å². The maximum Gasteiger partial charge on any atom is 0.0323 e. The van der Waals surface area contributed by atoms with Crippen LogP contribution in [0.25, 0.3) is 0 Å². The van der Waals surface area contributed by atoms with Crippen LogP contribution in [0.4, 0.5) is 0 Å². The summed E-state index contributed by atoms with van der Waals surface area (Å²) >= 11 is 5.43. The summed E-state index contributed by atoms with van der Waals surface area (Å²) in [7, 11) is 0. The molecule has 1 aromatic carbocycles. The summed E-state index contributed by atoms with van der Waals surface area (Å²) in [6.45, 7) is 5.42. The smallest absolute Gasteiger partial charge is 0.0323 e. The first-order chi connectivity index (χ1) is 9.70. The van der Waals surface area contributed by atoms with Gasteiger partial charge >= 0.3 is 0 Å². The number of thiophene rings is 1. The molecule has 2 rings (SSSR count). The second kappa shape index (κ2) is 7.96. The third kappa shape index (κ3) is 4.44. The molecule has 0 saturated carbocycles. The Labute approximate surface area is 134 Å².